The minimum Gasteiger partial charge on any atom is -0.493 e. The number of fused-ring (bicyclic) bond motifs is 5. The zero-order valence-corrected chi connectivity index (χ0v) is 26.5. The van der Waals surface area contributed by atoms with Gasteiger partial charge in [0.1, 0.15) is 0 Å². The average Bonchev–Trinajstić information content (AvgIpc) is 3.65. The zero-order valence-electron chi connectivity index (χ0n) is 26.5. The van der Waals surface area contributed by atoms with Crippen LogP contribution >= 0.6 is 0 Å². The second kappa shape index (κ2) is 13.6. The van der Waals surface area contributed by atoms with Crippen LogP contribution in [-0.4, -0.2) is 97.0 Å². The largest absolute Gasteiger partial charge is 0.493 e. The molecule has 0 bridgehead atoms. The maximum absolute atomic E-state index is 13.1. The molecule has 1 aromatic heterocycles. The molecule has 4 heterocycles. The van der Waals surface area contributed by atoms with E-state index in [9.17, 15) is 4.79 Å². The van der Waals surface area contributed by atoms with Crippen molar-refractivity contribution in [1.29, 1.82) is 0 Å². The van der Waals surface area contributed by atoms with Crippen molar-refractivity contribution < 1.29 is 14.3 Å². The lowest BCUT2D eigenvalue weighted by Gasteiger charge is -2.34. The summed E-state index contributed by atoms with van der Waals surface area (Å²) in [7, 11) is 1.63. The number of carbonyl (C=O) groups is 1. The van der Waals surface area contributed by atoms with E-state index in [0.717, 1.165) is 71.5 Å². The summed E-state index contributed by atoms with van der Waals surface area (Å²) < 4.78 is 14.3. The van der Waals surface area contributed by atoms with Crippen molar-refractivity contribution in [2.24, 2.45) is 4.99 Å². The molecule has 236 valence electrons. The molecule has 0 N–H and O–H groups in total. The number of unbranched alkanes of at least 4 members (excludes halogenated alkanes) is 2. The lowest BCUT2D eigenvalue weighted by Crippen LogP contribution is -2.46. The summed E-state index contributed by atoms with van der Waals surface area (Å²) >= 11 is 0. The second-order valence-electron chi connectivity index (χ2n) is 12.6. The Morgan fingerprint density at radius 2 is 1.42 bits per heavy atom. The highest BCUT2D eigenvalue weighted by molar-refractivity contribution is 6.08. The highest BCUT2D eigenvalue weighted by Crippen LogP contribution is 2.38. The number of nitrogens with zero attached hydrogens (tertiary/aromatic N) is 5. The van der Waals surface area contributed by atoms with Gasteiger partial charge in [-0.25, -0.2) is 0 Å². The van der Waals surface area contributed by atoms with Gasteiger partial charge in [-0.2, -0.15) is 0 Å². The van der Waals surface area contributed by atoms with Crippen molar-refractivity contribution in [2.45, 2.75) is 51.1 Å². The molecule has 2 saturated heterocycles. The highest BCUT2D eigenvalue weighted by atomic mass is 16.5. The zero-order chi connectivity index (χ0) is 30.6. The van der Waals surface area contributed by atoms with Gasteiger partial charge >= 0.3 is 0 Å². The highest BCUT2D eigenvalue weighted by Gasteiger charge is 2.32. The fourth-order valence-electron chi connectivity index (χ4n) is 7.33. The first-order valence-electron chi connectivity index (χ1n) is 16.8. The number of hydrogen-bond acceptors (Lipinski definition) is 6. The van der Waals surface area contributed by atoms with E-state index in [-0.39, 0.29) is 11.9 Å². The van der Waals surface area contributed by atoms with E-state index < -0.39 is 0 Å². The van der Waals surface area contributed by atoms with E-state index in [1.54, 1.807) is 13.2 Å². The van der Waals surface area contributed by atoms with Gasteiger partial charge in [0, 0.05) is 73.4 Å². The molecule has 2 fully saturated rings. The summed E-state index contributed by atoms with van der Waals surface area (Å²) in [5, 5.41) is 2.72. The summed E-state index contributed by atoms with van der Waals surface area (Å²) in [6.45, 7) is 9.32. The Balaban J connectivity index is 0.819. The number of ether oxygens (including phenoxy) is 2. The van der Waals surface area contributed by atoms with Gasteiger partial charge in [0.15, 0.2) is 11.5 Å². The van der Waals surface area contributed by atoms with Crippen LogP contribution in [0, 0.1) is 0 Å². The van der Waals surface area contributed by atoms with Crippen LogP contribution in [-0.2, 0) is 6.54 Å². The maximum atomic E-state index is 13.1. The summed E-state index contributed by atoms with van der Waals surface area (Å²) in [4.78, 5) is 24.9. The van der Waals surface area contributed by atoms with Crippen molar-refractivity contribution in [3.63, 3.8) is 0 Å². The standard InChI is InChI=1S/C37H45N5O3/c1-44-35-25-31-32(38-27-28-11-10-19-41(28)37(31)43)26-36(35)45-24-9-8-17-40-22-20-39(21-23-40)16-6-7-18-42-33-14-4-2-12-29(33)30-13-3-5-15-34(30)42/h2-5,12-15,25-28H,6-11,16-24H2,1H3/t28-/m0/s1. The van der Waals surface area contributed by atoms with Gasteiger partial charge < -0.3 is 28.7 Å². The van der Waals surface area contributed by atoms with Crippen LogP contribution < -0.4 is 9.47 Å². The number of benzene rings is 3. The number of methoxy groups -OCH3 is 1. The molecule has 4 aromatic rings. The molecule has 3 aromatic carbocycles. The lowest BCUT2D eigenvalue weighted by atomic mass is 10.1. The summed E-state index contributed by atoms with van der Waals surface area (Å²) in [6.07, 6.45) is 8.41. The van der Waals surface area contributed by atoms with Crippen LogP contribution in [0.1, 0.15) is 48.9 Å². The van der Waals surface area contributed by atoms with Crippen LogP contribution in [0.4, 0.5) is 5.69 Å². The molecule has 1 atom stereocenters. The predicted octanol–water partition coefficient (Wildman–Crippen LogP) is 6.38. The summed E-state index contributed by atoms with van der Waals surface area (Å²) in [5.41, 5.74) is 3.97. The minimum absolute atomic E-state index is 0.0364. The third kappa shape index (κ3) is 6.31. The normalized spacial score (nSPS) is 18.8. The Hall–Kier alpha value is -3.88. The van der Waals surface area contributed by atoms with Crippen molar-refractivity contribution >= 4 is 39.6 Å². The van der Waals surface area contributed by atoms with E-state index in [1.807, 2.05) is 17.2 Å². The molecule has 3 aliphatic rings. The van der Waals surface area contributed by atoms with Gasteiger partial charge in [-0.05, 0) is 69.8 Å². The Morgan fingerprint density at radius 3 is 2.11 bits per heavy atom. The van der Waals surface area contributed by atoms with Gasteiger partial charge in [0.2, 0.25) is 0 Å². The lowest BCUT2D eigenvalue weighted by molar-refractivity contribution is 0.0774. The molecular formula is C37H45N5O3. The van der Waals surface area contributed by atoms with E-state index in [4.69, 9.17) is 9.47 Å². The molecular weight excluding hydrogens is 562 g/mol. The van der Waals surface area contributed by atoms with Crippen LogP contribution in [0.5, 0.6) is 11.5 Å². The van der Waals surface area contributed by atoms with Gasteiger partial charge in [0.25, 0.3) is 5.91 Å². The molecule has 8 nitrogen and oxygen atoms in total. The molecule has 0 saturated carbocycles. The van der Waals surface area contributed by atoms with Crippen molar-refractivity contribution in [3.8, 4) is 11.5 Å². The molecule has 0 aliphatic carbocycles. The quantitative estimate of drug-likeness (QED) is 0.175. The maximum Gasteiger partial charge on any atom is 0.256 e. The number of hydrogen-bond donors (Lipinski definition) is 0. The Labute approximate surface area is 266 Å². The number of aromatic nitrogens is 1. The van der Waals surface area contributed by atoms with Gasteiger partial charge in [0.05, 0.1) is 31.0 Å². The predicted molar refractivity (Wildman–Crippen MR) is 181 cm³/mol. The van der Waals surface area contributed by atoms with E-state index >= 15 is 0 Å². The van der Waals surface area contributed by atoms with Gasteiger partial charge in [-0.15, -0.1) is 0 Å². The third-order valence-electron chi connectivity index (χ3n) is 9.84. The Morgan fingerprint density at radius 1 is 0.778 bits per heavy atom. The molecule has 45 heavy (non-hydrogen) atoms. The Bertz CT molecular complexity index is 1620. The first-order valence-corrected chi connectivity index (χ1v) is 16.8. The van der Waals surface area contributed by atoms with Gasteiger partial charge in [-0.1, -0.05) is 36.4 Å². The molecule has 3 aliphatic heterocycles. The van der Waals surface area contributed by atoms with Crippen molar-refractivity contribution in [3.05, 3.63) is 66.2 Å². The number of rotatable bonds is 12. The monoisotopic (exact) mass is 607 g/mol. The minimum atomic E-state index is 0.0364. The number of piperazine rings is 1. The topological polar surface area (TPSA) is 62.5 Å². The number of para-hydroxylation sites is 2. The molecule has 8 heteroatoms. The number of carbonyl (C=O) groups excluding carboxylic acids is 1. The number of aliphatic imine (C=N–C) groups is 1. The van der Waals surface area contributed by atoms with Crippen molar-refractivity contribution in [1.82, 2.24) is 19.3 Å². The second-order valence-corrected chi connectivity index (χ2v) is 12.6. The number of aryl methyl sites for hydroxylation is 1. The van der Waals surface area contributed by atoms with Crippen molar-refractivity contribution in [2.75, 3.05) is 59.5 Å². The van der Waals surface area contributed by atoms with Crippen LogP contribution in [0.2, 0.25) is 0 Å². The first kappa shape index (κ1) is 29.8. The van der Waals surface area contributed by atoms with Crippen LogP contribution in [0.25, 0.3) is 21.8 Å². The SMILES string of the molecule is COc1cc2c(cc1OCCCCN1CCN(CCCCn3c4ccccc4c4ccccc43)CC1)N=C[C@@H]1CCCN1C2=O. The van der Waals surface area contributed by atoms with E-state index in [1.165, 1.54) is 41.2 Å². The number of amides is 1. The molecule has 7 rings (SSSR count). The fourth-order valence-corrected chi connectivity index (χ4v) is 7.33. The Kier molecular flexibility index (Phi) is 9.03. The molecule has 0 unspecified atom stereocenters. The van der Waals surface area contributed by atoms with E-state index in [0.29, 0.717) is 29.4 Å². The smallest absolute Gasteiger partial charge is 0.256 e. The molecule has 0 spiro atoms. The van der Waals surface area contributed by atoms with Crippen LogP contribution in [0.3, 0.4) is 0 Å². The molecule has 0 radical (unpaired) electrons. The molecule has 1 amide bonds. The van der Waals surface area contributed by atoms with Gasteiger partial charge in [-0.3, -0.25) is 9.79 Å². The summed E-state index contributed by atoms with van der Waals surface area (Å²) in [5.74, 6) is 1.30. The average molecular weight is 608 g/mol. The van der Waals surface area contributed by atoms with Crippen LogP contribution in [0.15, 0.2) is 65.7 Å². The first-order chi connectivity index (χ1) is 22.2. The third-order valence-corrected chi connectivity index (χ3v) is 9.84. The fraction of sp³-hybridized carbons (Fsp3) is 0.459. The van der Waals surface area contributed by atoms with E-state index in [2.05, 4.69) is 67.9 Å². The summed E-state index contributed by atoms with van der Waals surface area (Å²) in [6, 6.07) is 21.4.